The van der Waals surface area contributed by atoms with Crippen LogP contribution in [0.3, 0.4) is 0 Å². The van der Waals surface area contributed by atoms with Gasteiger partial charge in [0, 0.05) is 0 Å². The second-order valence-electron chi connectivity index (χ2n) is 6.01. The molecule has 0 unspecified atom stereocenters. The van der Waals surface area contributed by atoms with E-state index in [1.807, 2.05) is 45.9 Å². The molecule has 0 spiro atoms. The summed E-state index contributed by atoms with van der Waals surface area (Å²) >= 11 is 0. The Kier molecular flexibility index (Phi) is 3.30. The van der Waals surface area contributed by atoms with Crippen LogP contribution < -0.4 is 5.73 Å². The average Bonchev–Trinajstić information content (AvgIpc) is 2.48. The van der Waals surface area contributed by atoms with E-state index in [1.165, 1.54) is 5.56 Å². The van der Waals surface area contributed by atoms with Gasteiger partial charge in [-0.15, -0.1) is 0 Å². The Balaban J connectivity index is 2.23. The van der Waals surface area contributed by atoms with Gasteiger partial charge in [-0.3, -0.25) is 0 Å². The average molecular weight is 247 g/mol. The van der Waals surface area contributed by atoms with Gasteiger partial charge in [-0.25, -0.2) is 0 Å². The molecule has 1 fully saturated rings. The molecule has 1 atom stereocenters. The van der Waals surface area contributed by atoms with Crippen molar-refractivity contribution in [3.8, 4) is 0 Å². The number of rotatable bonds is 2. The van der Waals surface area contributed by atoms with E-state index in [1.54, 1.807) is 0 Å². The van der Waals surface area contributed by atoms with Gasteiger partial charge in [0.2, 0.25) is 0 Å². The minimum absolute atomic E-state index is 0.257. The molecule has 1 aliphatic heterocycles. The first-order chi connectivity index (χ1) is 8.24. The first kappa shape index (κ1) is 13.6. The maximum Gasteiger partial charge on any atom is 0.480 e. The summed E-state index contributed by atoms with van der Waals surface area (Å²) in [6, 6.07) is 8.09. The van der Waals surface area contributed by atoms with Gasteiger partial charge in [0.15, 0.2) is 0 Å². The minimum atomic E-state index is -0.393. The van der Waals surface area contributed by atoms with Crippen LogP contribution in [0.25, 0.3) is 0 Å². The molecule has 2 N–H and O–H groups in total. The third kappa shape index (κ3) is 2.20. The van der Waals surface area contributed by atoms with Gasteiger partial charge < -0.3 is 15.0 Å². The standard InChI is InChI=1S/C14H22BNO2/c1-10-8-6-7-9-11(10)12(16)15-17-13(2,3)14(4,5)18-15/h6-9,12H,16H2,1-5H3/t12-/m0/s1. The molecule has 0 amide bonds. The minimum Gasteiger partial charge on any atom is -0.402 e. The maximum atomic E-state index is 6.29. The highest BCUT2D eigenvalue weighted by molar-refractivity contribution is 6.47. The van der Waals surface area contributed by atoms with E-state index in [9.17, 15) is 0 Å². The van der Waals surface area contributed by atoms with Gasteiger partial charge in [0.1, 0.15) is 0 Å². The van der Waals surface area contributed by atoms with E-state index in [-0.39, 0.29) is 17.1 Å². The van der Waals surface area contributed by atoms with Gasteiger partial charge >= 0.3 is 7.12 Å². The molecule has 1 aliphatic rings. The fourth-order valence-corrected chi connectivity index (χ4v) is 2.14. The number of hydrogen-bond acceptors (Lipinski definition) is 3. The van der Waals surface area contributed by atoms with Gasteiger partial charge in [-0.2, -0.15) is 0 Å². The van der Waals surface area contributed by atoms with Crippen LogP contribution in [0.4, 0.5) is 0 Å². The number of benzene rings is 1. The van der Waals surface area contributed by atoms with Crippen molar-refractivity contribution in [2.75, 3.05) is 0 Å². The van der Waals surface area contributed by atoms with Crippen LogP contribution in [0, 0.1) is 6.92 Å². The van der Waals surface area contributed by atoms with E-state index >= 15 is 0 Å². The predicted molar refractivity (Wildman–Crippen MR) is 74.2 cm³/mol. The molecule has 1 heterocycles. The zero-order chi connectivity index (χ0) is 13.6. The Labute approximate surface area is 110 Å². The van der Waals surface area contributed by atoms with Crippen molar-refractivity contribution in [3.05, 3.63) is 35.4 Å². The number of nitrogens with two attached hydrogens (primary N) is 1. The van der Waals surface area contributed by atoms with Crippen LogP contribution in [-0.4, -0.2) is 18.3 Å². The highest BCUT2D eigenvalue weighted by Crippen LogP contribution is 2.39. The summed E-state index contributed by atoms with van der Waals surface area (Å²) in [4.78, 5) is 0. The molecule has 0 aromatic heterocycles. The van der Waals surface area contributed by atoms with Crippen LogP contribution >= 0.6 is 0 Å². The zero-order valence-corrected chi connectivity index (χ0v) is 11.9. The molecule has 1 aromatic rings. The summed E-state index contributed by atoms with van der Waals surface area (Å²) in [5.41, 5.74) is 7.87. The van der Waals surface area contributed by atoms with E-state index in [0.717, 1.165) is 5.56 Å². The molecule has 0 saturated carbocycles. The lowest BCUT2D eigenvalue weighted by Gasteiger charge is -2.32. The summed E-state index contributed by atoms with van der Waals surface area (Å²) < 4.78 is 12.0. The molecule has 1 saturated heterocycles. The van der Waals surface area contributed by atoms with Gasteiger partial charge in [-0.05, 0) is 45.7 Å². The molecule has 1 aromatic carbocycles. The summed E-state index contributed by atoms with van der Waals surface area (Å²) in [5.74, 6) is -0.257. The van der Waals surface area contributed by atoms with Crippen molar-refractivity contribution >= 4 is 7.12 Å². The molecular weight excluding hydrogens is 225 g/mol. The van der Waals surface area contributed by atoms with Crippen molar-refractivity contribution < 1.29 is 9.31 Å². The first-order valence-electron chi connectivity index (χ1n) is 6.41. The number of hydrogen-bond donors (Lipinski definition) is 1. The molecule has 0 bridgehead atoms. The first-order valence-corrected chi connectivity index (χ1v) is 6.41. The second kappa shape index (κ2) is 4.37. The van der Waals surface area contributed by atoms with Crippen LogP contribution in [0.15, 0.2) is 24.3 Å². The highest BCUT2D eigenvalue weighted by atomic mass is 16.7. The van der Waals surface area contributed by atoms with Crippen molar-refractivity contribution in [3.63, 3.8) is 0 Å². The second-order valence-corrected chi connectivity index (χ2v) is 6.01. The highest BCUT2D eigenvalue weighted by Gasteiger charge is 2.53. The molecule has 2 rings (SSSR count). The smallest absolute Gasteiger partial charge is 0.402 e. The molecule has 0 aliphatic carbocycles. The summed E-state index contributed by atoms with van der Waals surface area (Å²) in [6.07, 6.45) is 0. The van der Waals surface area contributed by atoms with Crippen LogP contribution in [0.1, 0.15) is 44.8 Å². The molecular formula is C14H22BNO2. The third-order valence-corrected chi connectivity index (χ3v) is 4.11. The van der Waals surface area contributed by atoms with Crippen molar-refractivity contribution in [1.82, 2.24) is 0 Å². The predicted octanol–water partition coefficient (Wildman–Crippen LogP) is 2.63. The lowest BCUT2D eigenvalue weighted by Crippen LogP contribution is -2.41. The Morgan fingerprint density at radius 2 is 1.56 bits per heavy atom. The molecule has 4 heteroatoms. The monoisotopic (exact) mass is 247 g/mol. The molecule has 3 nitrogen and oxygen atoms in total. The lowest BCUT2D eigenvalue weighted by molar-refractivity contribution is 0.00578. The Morgan fingerprint density at radius 1 is 1.06 bits per heavy atom. The topological polar surface area (TPSA) is 44.5 Å². The fourth-order valence-electron chi connectivity index (χ4n) is 2.14. The Bertz CT molecular complexity index is 429. The van der Waals surface area contributed by atoms with Crippen molar-refractivity contribution in [2.24, 2.45) is 5.73 Å². The Morgan fingerprint density at radius 3 is 2.06 bits per heavy atom. The fraction of sp³-hybridized carbons (Fsp3) is 0.571. The normalized spacial score (nSPS) is 23.1. The largest absolute Gasteiger partial charge is 0.480 e. The Hall–Kier alpha value is -0.835. The summed E-state index contributed by atoms with van der Waals surface area (Å²) in [7, 11) is -0.393. The van der Waals surface area contributed by atoms with Crippen molar-refractivity contribution in [1.29, 1.82) is 0 Å². The molecule has 18 heavy (non-hydrogen) atoms. The van der Waals surface area contributed by atoms with E-state index in [0.29, 0.717) is 0 Å². The summed E-state index contributed by atoms with van der Waals surface area (Å²) in [6.45, 7) is 10.2. The molecule has 98 valence electrons. The zero-order valence-electron chi connectivity index (χ0n) is 11.9. The van der Waals surface area contributed by atoms with Gasteiger partial charge in [0.05, 0.1) is 17.1 Å². The quantitative estimate of drug-likeness (QED) is 0.817. The third-order valence-electron chi connectivity index (χ3n) is 4.11. The van der Waals surface area contributed by atoms with Gasteiger partial charge in [0.25, 0.3) is 0 Å². The van der Waals surface area contributed by atoms with E-state index in [4.69, 9.17) is 15.0 Å². The van der Waals surface area contributed by atoms with Crippen LogP contribution in [0.2, 0.25) is 0 Å². The van der Waals surface area contributed by atoms with Gasteiger partial charge in [-0.1, -0.05) is 24.3 Å². The van der Waals surface area contributed by atoms with E-state index < -0.39 is 7.12 Å². The van der Waals surface area contributed by atoms with Crippen LogP contribution in [0.5, 0.6) is 0 Å². The van der Waals surface area contributed by atoms with E-state index in [2.05, 4.69) is 13.0 Å². The maximum absolute atomic E-state index is 6.29. The summed E-state index contributed by atoms with van der Waals surface area (Å²) in [5, 5.41) is 0. The van der Waals surface area contributed by atoms with Crippen LogP contribution in [-0.2, 0) is 9.31 Å². The molecule has 0 radical (unpaired) electrons. The number of aryl methyl sites for hydroxylation is 1. The lowest BCUT2D eigenvalue weighted by atomic mass is 9.74. The SMILES string of the molecule is Cc1ccccc1[C@H](N)B1OC(C)(C)C(C)(C)O1. The van der Waals surface area contributed by atoms with Crippen molar-refractivity contribution in [2.45, 2.75) is 51.8 Å².